The van der Waals surface area contributed by atoms with Gasteiger partial charge in [-0.2, -0.15) is 0 Å². The molecule has 0 heterocycles. The summed E-state index contributed by atoms with van der Waals surface area (Å²) in [6.45, 7) is 11.8. The van der Waals surface area contributed by atoms with E-state index in [1.165, 1.54) is 30.4 Å². The highest BCUT2D eigenvalue weighted by Crippen LogP contribution is 2.14. The molecule has 88 valence electrons. The van der Waals surface area contributed by atoms with Gasteiger partial charge in [0.1, 0.15) is 0 Å². The van der Waals surface area contributed by atoms with Crippen molar-refractivity contribution in [1.29, 1.82) is 0 Å². The van der Waals surface area contributed by atoms with E-state index < -0.39 is 0 Å². The zero-order valence-electron chi connectivity index (χ0n) is 10.7. The van der Waals surface area contributed by atoms with Gasteiger partial charge in [0.05, 0.1) is 0 Å². The summed E-state index contributed by atoms with van der Waals surface area (Å²) in [4.78, 5) is 0. The minimum absolute atomic E-state index is 0.939. The first-order valence-electron chi connectivity index (χ1n) is 6.04. The van der Waals surface area contributed by atoms with Gasteiger partial charge in [0.2, 0.25) is 0 Å². The topological polar surface area (TPSA) is 0 Å². The molecule has 0 aliphatic rings. The minimum atomic E-state index is 0.939. The van der Waals surface area contributed by atoms with Crippen LogP contribution in [-0.2, 0) is 0 Å². The van der Waals surface area contributed by atoms with Crippen LogP contribution in [0, 0.1) is 0 Å². The second kappa shape index (κ2) is 10.2. The predicted molar refractivity (Wildman–Crippen MR) is 75.5 cm³/mol. The van der Waals surface area contributed by atoms with E-state index in [9.17, 15) is 0 Å². The van der Waals surface area contributed by atoms with Crippen LogP contribution in [0.4, 0.5) is 0 Å². The van der Waals surface area contributed by atoms with E-state index >= 15 is 0 Å². The summed E-state index contributed by atoms with van der Waals surface area (Å²) in [5.41, 5.74) is 2.55. The maximum Gasteiger partial charge on any atom is -0.00294 e. The Kier molecular flexibility index (Phi) is 9.39. The second-order valence-electron chi connectivity index (χ2n) is 3.77. The van der Waals surface area contributed by atoms with E-state index in [-0.39, 0.29) is 0 Å². The zero-order chi connectivity index (χ0) is 12.2. The molecule has 0 saturated heterocycles. The molecule has 0 saturated carbocycles. The quantitative estimate of drug-likeness (QED) is 0.378. The highest BCUT2D eigenvalue weighted by Gasteiger charge is 1.94. The van der Waals surface area contributed by atoms with Crippen molar-refractivity contribution >= 4 is 0 Å². The summed E-state index contributed by atoms with van der Waals surface area (Å²) >= 11 is 0. The Morgan fingerprint density at radius 1 is 1.19 bits per heavy atom. The molecule has 0 aromatic carbocycles. The third-order valence-electron chi connectivity index (χ3n) is 2.43. The first kappa shape index (κ1) is 14.7. The van der Waals surface area contributed by atoms with Crippen LogP contribution in [0.2, 0.25) is 0 Å². The van der Waals surface area contributed by atoms with Crippen molar-refractivity contribution in [2.45, 2.75) is 39.5 Å². The first-order valence-corrected chi connectivity index (χ1v) is 6.04. The average molecular weight is 216 g/mol. The Bertz CT molecular complexity index is 287. The summed E-state index contributed by atoms with van der Waals surface area (Å²) in [6, 6.07) is 0. The highest BCUT2D eigenvalue weighted by atomic mass is 14.0. The van der Waals surface area contributed by atoms with Gasteiger partial charge in [0.25, 0.3) is 0 Å². The molecule has 0 nitrogen and oxygen atoms in total. The number of rotatable bonds is 8. The Morgan fingerprint density at radius 3 is 2.44 bits per heavy atom. The van der Waals surface area contributed by atoms with E-state index in [0.717, 1.165) is 6.42 Å². The van der Waals surface area contributed by atoms with Crippen LogP contribution < -0.4 is 0 Å². The van der Waals surface area contributed by atoms with Crippen molar-refractivity contribution in [2.75, 3.05) is 0 Å². The van der Waals surface area contributed by atoms with Crippen molar-refractivity contribution in [2.24, 2.45) is 0 Å². The van der Waals surface area contributed by atoms with Gasteiger partial charge < -0.3 is 0 Å². The molecule has 0 rings (SSSR count). The molecule has 0 bridgehead atoms. The molecule has 0 amide bonds. The SMILES string of the molecule is C=C/C=C(\C=C)CC(/C=C\CCCC)=C/C. The van der Waals surface area contributed by atoms with Crippen molar-refractivity contribution in [3.05, 3.63) is 60.8 Å². The van der Waals surface area contributed by atoms with Crippen LogP contribution >= 0.6 is 0 Å². The molecule has 0 spiro atoms. The van der Waals surface area contributed by atoms with Gasteiger partial charge in [-0.1, -0.05) is 69.4 Å². The summed E-state index contributed by atoms with van der Waals surface area (Å²) in [5, 5.41) is 0. The molecule has 0 heteroatoms. The fourth-order valence-electron chi connectivity index (χ4n) is 1.40. The average Bonchev–Trinajstić information content (AvgIpc) is 2.31. The van der Waals surface area contributed by atoms with Gasteiger partial charge in [0, 0.05) is 0 Å². The molecule has 0 aromatic rings. The van der Waals surface area contributed by atoms with Gasteiger partial charge in [0.15, 0.2) is 0 Å². The predicted octanol–water partition coefficient (Wildman–Crippen LogP) is 5.37. The standard InChI is InChI=1S/C16H24/c1-5-9-10-11-13-16(8-4)14-15(7-3)12-6-2/h6-8,11-13H,2-3,5,9-10,14H2,1,4H3/b13-11-,15-12+,16-8+. The van der Waals surface area contributed by atoms with Crippen molar-refractivity contribution < 1.29 is 0 Å². The van der Waals surface area contributed by atoms with E-state index in [2.05, 4.69) is 45.2 Å². The molecule has 0 atom stereocenters. The summed E-state index contributed by atoms with van der Waals surface area (Å²) in [5.74, 6) is 0. The highest BCUT2D eigenvalue weighted by molar-refractivity contribution is 5.31. The number of hydrogen-bond acceptors (Lipinski definition) is 0. The lowest BCUT2D eigenvalue weighted by molar-refractivity contribution is 0.814. The molecule has 0 aliphatic heterocycles. The second-order valence-corrected chi connectivity index (χ2v) is 3.77. The Morgan fingerprint density at radius 2 is 1.94 bits per heavy atom. The maximum atomic E-state index is 3.81. The molecule has 0 radical (unpaired) electrons. The molecular formula is C16H24. The van der Waals surface area contributed by atoms with Gasteiger partial charge in [-0.15, -0.1) is 0 Å². The van der Waals surface area contributed by atoms with Crippen LogP contribution in [0.3, 0.4) is 0 Å². The molecule has 0 N–H and O–H groups in total. The monoisotopic (exact) mass is 216 g/mol. The lowest BCUT2D eigenvalue weighted by Crippen LogP contribution is -1.82. The number of hydrogen-bond donors (Lipinski definition) is 0. The van der Waals surface area contributed by atoms with Crippen LogP contribution in [-0.4, -0.2) is 0 Å². The zero-order valence-corrected chi connectivity index (χ0v) is 10.7. The third-order valence-corrected chi connectivity index (χ3v) is 2.43. The fraction of sp³-hybridized carbons (Fsp3) is 0.375. The smallest absolute Gasteiger partial charge is 0.00294 e. The molecular weight excluding hydrogens is 192 g/mol. The summed E-state index contributed by atoms with van der Waals surface area (Å²) < 4.78 is 0. The number of unbranched alkanes of at least 4 members (excludes halogenated alkanes) is 2. The van der Waals surface area contributed by atoms with Crippen LogP contribution in [0.25, 0.3) is 0 Å². The van der Waals surface area contributed by atoms with Crippen molar-refractivity contribution in [1.82, 2.24) is 0 Å². The van der Waals surface area contributed by atoms with Crippen LogP contribution in [0.15, 0.2) is 60.8 Å². The lowest BCUT2D eigenvalue weighted by Gasteiger charge is -2.02. The van der Waals surface area contributed by atoms with E-state index in [1.807, 2.05) is 18.2 Å². The Balaban J connectivity index is 4.30. The van der Waals surface area contributed by atoms with Crippen molar-refractivity contribution in [3.63, 3.8) is 0 Å². The van der Waals surface area contributed by atoms with E-state index in [4.69, 9.17) is 0 Å². The van der Waals surface area contributed by atoms with E-state index in [1.54, 1.807) is 0 Å². The fourth-order valence-corrected chi connectivity index (χ4v) is 1.40. The van der Waals surface area contributed by atoms with E-state index in [0.29, 0.717) is 0 Å². The first-order chi connectivity index (χ1) is 7.78. The van der Waals surface area contributed by atoms with Gasteiger partial charge >= 0.3 is 0 Å². The molecule has 0 unspecified atom stereocenters. The molecule has 0 aliphatic carbocycles. The largest absolute Gasteiger partial charge is 0.0991 e. The Labute approximate surface area is 101 Å². The lowest BCUT2D eigenvalue weighted by atomic mass is 10.0. The summed E-state index contributed by atoms with van der Waals surface area (Å²) in [7, 11) is 0. The van der Waals surface area contributed by atoms with Gasteiger partial charge in [-0.25, -0.2) is 0 Å². The molecule has 16 heavy (non-hydrogen) atoms. The van der Waals surface area contributed by atoms with Crippen molar-refractivity contribution in [3.8, 4) is 0 Å². The minimum Gasteiger partial charge on any atom is -0.0991 e. The van der Waals surface area contributed by atoms with Gasteiger partial charge in [-0.3, -0.25) is 0 Å². The third kappa shape index (κ3) is 7.05. The normalized spacial score (nSPS) is 13.1. The van der Waals surface area contributed by atoms with Crippen LogP contribution in [0.5, 0.6) is 0 Å². The maximum absolute atomic E-state index is 3.81. The van der Waals surface area contributed by atoms with Crippen LogP contribution in [0.1, 0.15) is 39.5 Å². The summed E-state index contributed by atoms with van der Waals surface area (Å²) in [6.07, 6.45) is 17.0. The molecule has 0 fully saturated rings. The van der Waals surface area contributed by atoms with Gasteiger partial charge in [-0.05, 0) is 30.9 Å². The Hall–Kier alpha value is -1.30. The number of allylic oxidation sites excluding steroid dienone is 8. The molecule has 0 aromatic heterocycles.